The first-order valence-corrected chi connectivity index (χ1v) is 7.04. The molecule has 2 N–H and O–H groups in total. The number of nitrogens with zero attached hydrogens (tertiary/aromatic N) is 1. The number of rotatable bonds is 3. The van der Waals surface area contributed by atoms with E-state index in [0.717, 1.165) is 37.4 Å². The molecule has 0 bridgehead atoms. The van der Waals surface area contributed by atoms with E-state index in [1.807, 2.05) is 18.2 Å². The maximum absolute atomic E-state index is 5.83. The quantitative estimate of drug-likeness (QED) is 0.869. The van der Waals surface area contributed by atoms with Crippen LogP contribution in [0.5, 0.6) is 5.75 Å². The summed E-state index contributed by atoms with van der Waals surface area (Å²) < 4.78 is 5.66. The van der Waals surface area contributed by atoms with Gasteiger partial charge in [-0.3, -0.25) is 0 Å². The largest absolute Gasteiger partial charge is 0.493 e. The number of hydrogen-bond acceptors (Lipinski definition) is 3. The van der Waals surface area contributed by atoms with E-state index in [2.05, 4.69) is 36.2 Å². The Hall–Kier alpha value is -2.16. The Balaban J connectivity index is 1.78. The van der Waals surface area contributed by atoms with Gasteiger partial charge < -0.3 is 15.4 Å². The van der Waals surface area contributed by atoms with Crippen molar-refractivity contribution in [3.05, 3.63) is 53.6 Å². The minimum atomic E-state index is 0.815. The first-order chi connectivity index (χ1) is 9.72. The summed E-state index contributed by atoms with van der Waals surface area (Å²) in [6.45, 7) is 1.69. The van der Waals surface area contributed by atoms with Crippen molar-refractivity contribution < 1.29 is 4.74 Å². The second kappa shape index (κ2) is 5.45. The van der Waals surface area contributed by atoms with Crippen molar-refractivity contribution >= 4 is 11.4 Å². The molecule has 1 aliphatic rings. The van der Waals surface area contributed by atoms with Crippen LogP contribution in [0.4, 0.5) is 11.4 Å². The van der Waals surface area contributed by atoms with E-state index in [4.69, 9.17) is 10.5 Å². The van der Waals surface area contributed by atoms with Crippen molar-refractivity contribution in [3.8, 4) is 5.75 Å². The third kappa shape index (κ3) is 2.72. The number of nitrogen functional groups attached to an aromatic ring is 1. The lowest BCUT2D eigenvalue weighted by atomic mass is 10.1. The molecule has 1 heterocycles. The molecule has 0 aromatic heterocycles. The van der Waals surface area contributed by atoms with Crippen LogP contribution in [-0.4, -0.2) is 13.7 Å². The molecule has 0 fully saturated rings. The SMILES string of the molecule is CN(Cc1cccc(N)c1)c1ccc2c(c1)CCCO2. The van der Waals surface area contributed by atoms with Gasteiger partial charge in [-0.2, -0.15) is 0 Å². The van der Waals surface area contributed by atoms with Crippen molar-refractivity contribution in [1.29, 1.82) is 0 Å². The zero-order valence-electron chi connectivity index (χ0n) is 11.8. The number of aryl methyl sites for hydroxylation is 1. The molecule has 0 amide bonds. The second-order valence-corrected chi connectivity index (χ2v) is 5.35. The number of benzene rings is 2. The van der Waals surface area contributed by atoms with Gasteiger partial charge in [0.15, 0.2) is 0 Å². The molecule has 2 aromatic rings. The Kier molecular flexibility index (Phi) is 3.50. The van der Waals surface area contributed by atoms with E-state index in [1.54, 1.807) is 0 Å². The predicted octanol–water partition coefficient (Wildman–Crippen LogP) is 3.23. The van der Waals surface area contributed by atoms with Crippen LogP contribution in [0.1, 0.15) is 17.5 Å². The van der Waals surface area contributed by atoms with Crippen molar-refractivity contribution in [2.75, 3.05) is 24.3 Å². The highest BCUT2D eigenvalue weighted by Gasteiger charge is 2.12. The monoisotopic (exact) mass is 268 g/mol. The molecule has 104 valence electrons. The first-order valence-electron chi connectivity index (χ1n) is 7.04. The van der Waals surface area contributed by atoms with E-state index >= 15 is 0 Å². The summed E-state index contributed by atoms with van der Waals surface area (Å²) in [7, 11) is 2.11. The molecule has 0 saturated carbocycles. The third-order valence-corrected chi connectivity index (χ3v) is 3.70. The summed E-state index contributed by atoms with van der Waals surface area (Å²) in [5, 5.41) is 0. The molecule has 2 aromatic carbocycles. The first kappa shape index (κ1) is 12.9. The normalized spacial score (nSPS) is 13.4. The van der Waals surface area contributed by atoms with Gasteiger partial charge in [-0.1, -0.05) is 12.1 Å². The molecule has 0 spiro atoms. The van der Waals surface area contributed by atoms with E-state index in [0.29, 0.717) is 0 Å². The lowest BCUT2D eigenvalue weighted by Gasteiger charge is -2.23. The molecule has 0 unspecified atom stereocenters. The van der Waals surface area contributed by atoms with Gasteiger partial charge in [0.05, 0.1) is 6.61 Å². The number of hydrogen-bond donors (Lipinski definition) is 1. The molecule has 0 radical (unpaired) electrons. The molecule has 3 rings (SSSR count). The number of nitrogens with two attached hydrogens (primary N) is 1. The smallest absolute Gasteiger partial charge is 0.122 e. The Morgan fingerprint density at radius 1 is 1.20 bits per heavy atom. The Bertz CT molecular complexity index is 610. The number of ether oxygens (including phenoxy) is 1. The van der Waals surface area contributed by atoms with Gasteiger partial charge >= 0.3 is 0 Å². The fourth-order valence-corrected chi connectivity index (χ4v) is 2.64. The highest BCUT2D eigenvalue weighted by Crippen LogP contribution is 2.29. The van der Waals surface area contributed by atoms with Crippen molar-refractivity contribution in [3.63, 3.8) is 0 Å². The summed E-state index contributed by atoms with van der Waals surface area (Å²) >= 11 is 0. The zero-order valence-corrected chi connectivity index (χ0v) is 11.8. The van der Waals surface area contributed by atoms with Crippen LogP contribution in [0, 0.1) is 0 Å². The molecule has 20 heavy (non-hydrogen) atoms. The van der Waals surface area contributed by atoms with Crippen molar-refractivity contribution in [1.82, 2.24) is 0 Å². The van der Waals surface area contributed by atoms with Gasteiger partial charge in [0.2, 0.25) is 0 Å². The maximum atomic E-state index is 5.83. The summed E-state index contributed by atoms with van der Waals surface area (Å²) in [5.41, 5.74) is 10.4. The van der Waals surface area contributed by atoms with Crippen LogP contribution in [0.2, 0.25) is 0 Å². The highest BCUT2D eigenvalue weighted by atomic mass is 16.5. The summed E-state index contributed by atoms with van der Waals surface area (Å²) in [6, 6.07) is 14.5. The summed E-state index contributed by atoms with van der Waals surface area (Å²) in [4.78, 5) is 2.24. The number of anilines is 2. The fraction of sp³-hybridized carbons (Fsp3) is 0.294. The fourth-order valence-electron chi connectivity index (χ4n) is 2.64. The lowest BCUT2D eigenvalue weighted by Crippen LogP contribution is -2.17. The topological polar surface area (TPSA) is 38.5 Å². The van der Waals surface area contributed by atoms with Crippen LogP contribution < -0.4 is 15.4 Å². The van der Waals surface area contributed by atoms with Crippen LogP contribution in [0.3, 0.4) is 0 Å². The minimum Gasteiger partial charge on any atom is -0.493 e. The van der Waals surface area contributed by atoms with Crippen molar-refractivity contribution in [2.24, 2.45) is 0 Å². The minimum absolute atomic E-state index is 0.815. The lowest BCUT2D eigenvalue weighted by molar-refractivity contribution is 0.288. The molecule has 0 aliphatic carbocycles. The highest BCUT2D eigenvalue weighted by molar-refractivity contribution is 5.54. The Morgan fingerprint density at radius 3 is 2.95 bits per heavy atom. The molecular formula is C17H20N2O. The molecule has 0 saturated heterocycles. The van der Waals surface area contributed by atoms with Gasteiger partial charge in [-0.25, -0.2) is 0 Å². The molecule has 0 atom stereocenters. The Morgan fingerprint density at radius 2 is 2.10 bits per heavy atom. The van der Waals surface area contributed by atoms with Gasteiger partial charge in [-0.05, 0) is 54.3 Å². The average Bonchev–Trinajstić information content (AvgIpc) is 2.47. The average molecular weight is 268 g/mol. The van der Waals surface area contributed by atoms with Crippen LogP contribution in [0.25, 0.3) is 0 Å². The third-order valence-electron chi connectivity index (χ3n) is 3.70. The zero-order chi connectivity index (χ0) is 13.9. The molecule has 1 aliphatic heterocycles. The standard InChI is InChI=1S/C17H20N2O/c1-19(12-13-4-2-6-15(18)10-13)16-7-8-17-14(11-16)5-3-9-20-17/h2,4,6-8,10-11H,3,5,9,12,18H2,1H3. The van der Waals surface area contributed by atoms with Gasteiger partial charge in [0.25, 0.3) is 0 Å². The van der Waals surface area contributed by atoms with Gasteiger partial charge in [0, 0.05) is 25.0 Å². The van der Waals surface area contributed by atoms with Gasteiger partial charge in [0.1, 0.15) is 5.75 Å². The Labute approximate surface area is 120 Å². The van der Waals surface area contributed by atoms with E-state index in [1.165, 1.54) is 16.8 Å². The van der Waals surface area contributed by atoms with E-state index < -0.39 is 0 Å². The van der Waals surface area contributed by atoms with Crippen LogP contribution in [0.15, 0.2) is 42.5 Å². The van der Waals surface area contributed by atoms with Gasteiger partial charge in [-0.15, -0.1) is 0 Å². The molecule has 3 heteroatoms. The van der Waals surface area contributed by atoms with Crippen LogP contribution >= 0.6 is 0 Å². The molecule has 3 nitrogen and oxygen atoms in total. The summed E-state index contributed by atoms with van der Waals surface area (Å²) in [6.07, 6.45) is 2.21. The number of fused-ring (bicyclic) bond motifs is 1. The van der Waals surface area contributed by atoms with E-state index in [-0.39, 0.29) is 0 Å². The molecular weight excluding hydrogens is 248 g/mol. The maximum Gasteiger partial charge on any atom is 0.122 e. The second-order valence-electron chi connectivity index (χ2n) is 5.35. The van der Waals surface area contributed by atoms with Crippen LogP contribution in [-0.2, 0) is 13.0 Å². The summed E-state index contributed by atoms with van der Waals surface area (Å²) in [5.74, 6) is 1.04. The predicted molar refractivity (Wildman–Crippen MR) is 83.2 cm³/mol. The van der Waals surface area contributed by atoms with E-state index in [9.17, 15) is 0 Å². The van der Waals surface area contributed by atoms with Crippen molar-refractivity contribution in [2.45, 2.75) is 19.4 Å².